The van der Waals surface area contributed by atoms with E-state index in [1.165, 1.54) is 0 Å². The summed E-state index contributed by atoms with van der Waals surface area (Å²) in [6.07, 6.45) is 3.42. The lowest BCUT2D eigenvalue weighted by atomic mass is 10.0. The lowest BCUT2D eigenvalue weighted by Crippen LogP contribution is -2.47. The monoisotopic (exact) mass is 321 g/mol. The molecule has 0 atom stereocenters. The standard InChI is InChI=1S/C17H27N3O3/c1-17(2,3)23-16(21)19(4)13-8-10-20(11-9-13)14-6-7-15(22-5)18-12-14/h6-7,12-13H,8-11H2,1-5H3. The second kappa shape index (κ2) is 7.06. The van der Waals surface area contributed by atoms with E-state index in [0.717, 1.165) is 31.6 Å². The topological polar surface area (TPSA) is 54.9 Å². The van der Waals surface area contributed by atoms with E-state index in [9.17, 15) is 4.79 Å². The molecule has 6 heteroatoms. The Kier molecular flexibility index (Phi) is 5.34. The Morgan fingerprint density at radius 1 is 1.30 bits per heavy atom. The molecule has 0 bridgehead atoms. The summed E-state index contributed by atoms with van der Waals surface area (Å²) in [7, 11) is 3.43. The van der Waals surface area contributed by atoms with Crippen molar-refractivity contribution in [1.82, 2.24) is 9.88 Å². The lowest BCUT2D eigenvalue weighted by Gasteiger charge is -2.38. The molecule has 0 aromatic carbocycles. The SMILES string of the molecule is COc1ccc(N2CCC(N(C)C(=O)OC(C)(C)C)CC2)cn1. The van der Waals surface area contributed by atoms with Gasteiger partial charge in [-0.15, -0.1) is 0 Å². The molecule has 1 amide bonds. The summed E-state index contributed by atoms with van der Waals surface area (Å²) in [6.45, 7) is 7.45. The summed E-state index contributed by atoms with van der Waals surface area (Å²) in [5.74, 6) is 0.619. The summed E-state index contributed by atoms with van der Waals surface area (Å²) in [4.78, 5) is 20.4. The number of amides is 1. The number of ether oxygens (including phenoxy) is 2. The van der Waals surface area contributed by atoms with Gasteiger partial charge in [-0.2, -0.15) is 0 Å². The minimum Gasteiger partial charge on any atom is -0.481 e. The van der Waals surface area contributed by atoms with E-state index < -0.39 is 5.60 Å². The highest BCUT2D eigenvalue weighted by molar-refractivity contribution is 5.68. The zero-order chi connectivity index (χ0) is 17.0. The Hall–Kier alpha value is -1.98. The fraction of sp³-hybridized carbons (Fsp3) is 0.647. The van der Waals surface area contributed by atoms with E-state index in [1.807, 2.05) is 46.1 Å². The highest BCUT2D eigenvalue weighted by atomic mass is 16.6. The fourth-order valence-corrected chi connectivity index (χ4v) is 2.67. The first kappa shape index (κ1) is 17.4. The van der Waals surface area contributed by atoms with E-state index in [1.54, 1.807) is 12.0 Å². The third kappa shape index (κ3) is 4.74. The number of anilines is 1. The van der Waals surface area contributed by atoms with E-state index in [0.29, 0.717) is 5.88 Å². The number of aromatic nitrogens is 1. The van der Waals surface area contributed by atoms with Crippen LogP contribution in [0, 0.1) is 0 Å². The third-order valence-corrected chi connectivity index (χ3v) is 3.99. The number of piperidine rings is 1. The van der Waals surface area contributed by atoms with Crippen molar-refractivity contribution in [2.24, 2.45) is 0 Å². The van der Waals surface area contributed by atoms with E-state index >= 15 is 0 Å². The number of hydrogen-bond acceptors (Lipinski definition) is 5. The van der Waals surface area contributed by atoms with E-state index in [2.05, 4.69) is 9.88 Å². The van der Waals surface area contributed by atoms with Crippen LogP contribution in [-0.4, -0.2) is 54.9 Å². The van der Waals surface area contributed by atoms with Crippen molar-refractivity contribution in [2.75, 3.05) is 32.1 Å². The predicted molar refractivity (Wildman–Crippen MR) is 90.0 cm³/mol. The Morgan fingerprint density at radius 2 is 1.96 bits per heavy atom. The molecule has 2 rings (SSSR count). The highest BCUT2D eigenvalue weighted by Crippen LogP contribution is 2.23. The van der Waals surface area contributed by atoms with Crippen LogP contribution in [0.3, 0.4) is 0 Å². The largest absolute Gasteiger partial charge is 0.481 e. The van der Waals surface area contributed by atoms with Gasteiger partial charge in [-0.25, -0.2) is 9.78 Å². The number of methoxy groups -OCH3 is 1. The van der Waals surface area contributed by atoms with Gasteiger partial charge in [0.2, 0.25) is 5.88 Å². The van der Waals surface area contributed by atoms with Crippen molar-refractivity contribution >= 4 is 11.8 Å². The minimum absolute atomic E-state index is 0.215. The smallest absolute Gasteiger partial charge is 0.410 e. The van der Waals surface area contributed by atoms with E-state index in [-0.39, 0.29) is 12.1 Å². The zero-order valence-electron chi connectivity index (χ0n) is 14.7. The maximum atomic E-state index is 12.1. The Balaban J connectivity index is 1.88. The predicted octanol–water partition coefficient (Wildman–Crippen LogP) is 2.93. The second-order valence-corrected chi connectivity index (χ2v) is 6.87. The van der Waals surface area contributed by atoms with Crippen LogP contribution < -0.4 is 9.64 Å². The summed E-state index contributed by atoms with van der Waals surface area (Å²) < 4.78 is 10.5. The molecule has 0 spiro atoms. The van der Waals surface area contributed by atoms with Crippen molar-refractivity contribution in [3.05, 3.63) is 18.3 Å². The third-order valence-electron chi connectivity index (χ3n) is 3.99. The quantitative estimate of drug-likeness (QED) is 0.857. The van der Waals surface area contributed by atoms with Crippen molar-refractivity contribution in [3.8, 4) is 5.88 Å². The first-order valence-corrected chi connectivity index (χ1v) is 8.01. The molecule has 1 aliphatic heterocycles. The van der Waals surface area contributed by atoms with Crippen LogP contribution in [0.1, 0.15) is 33.6 Å². The normalized spacial score (nSPS) is 16.1. The lowest BCUT2D eigenvalue weighted by molar-refractivity contribution is 0.0201. The number of carbonyl (C=O) groups excluding carboxylic acids is 1. The number of hydrogen-bond donors (Lipinski definition) is 0. The van der Waals surface area contributed by atoms with Crippen LogP contribution in [0.2, 0.25) is 0 Å². The van der Waals surface area contributed by atoms with Gasteiger partial charge in [0.05, 0.1) is 19.0 Å². The Morgan fingerprint density at radius 3 is 2.43 bits per heavy atom. The summed E-state index contributed by atoms with van der Waals surface area (Å²) >= 11 is 0. The fourth-order valence-electron chi connectivity index (χ4n) is 2.67. The summed E-state index contributed by atoms with van der Waals surface area (Å²) in [5.41, 5.74) is 0.630. The van der Waals surface area contributed by atoms with Gasteiger partial charge in [0.15, 0.2) is 0 Å². The number of rotatable bonds is 3. The summed E-state index contributed by atoms with van der Waals surface area (Å²) in [5, 5.41) is 0. The van der Waals surface area contributed by atoms with Gasteiger partial charge in [0.25, 0.3) is 0 Å². The molecule has 1 fully saturated rings. The molecule has 0 saturated carbocycles. The van der Waals surface area contributed by atoms with Gasteiger partial charge in [0.1, 0.15) is 5.60 Å². The van der Waals surface area contributed by atoms with Crippen LogP contribution in [0.25, 0.3) is 0 Å². The van der Waals surface area contributed by atoms with Crippen LogP contribution in [-0.2, 0) is 4.74 Å². The molecule has 2 heterocycles. The Labute approximate surface area is 138 Å². The first-order valence-electron chi connectivity index (χ1n) is 8.01. The van der Waals surface area contributed by atoms with Crippen molar-refractivity contribution in [1.29, 1.82) is 0 Å². The van der Waals surface area contributed by atoms with E-state index in [4.69, 9.17) is 9.47 Å². The van der Waals surface area contributed by atoms with Crippen molar-refractivity contribution < 1.29 is 14.3 Å². The molecule has 1 saturated heterocycles. The number of pyridine rings is 1. The molecule has 128 valence electrons. The maximum absolute atomic E-state index is 12.1. The average molecular weight is 321 g/mol. The average Bonchev–Trinajstić information content (AvgIpc) is 2.53. The molecular weight excluding hydrogens is 294 g/mol. The van der Waals surface area contributed by atoms with Crippen LogP contribution >= 0.6 is 0 Å². The van der Waals surface area contributed by atoms with Crippen LogP contribution in [0.4, 0.5) is 10.5 Å². The van der Waals surface area contributed by atoms with Gasteiger partial charge in [-0.05, 0) is 39.7 Å². The Bertz CT molecular complexity index is 517. The molecule has 6 nitrogen and oxygen atoms in total. The zero-order valence-corrected chi connectivity index (χ0v) is 14.7. The first-order chi connectivity index (χ1) is 10.8. The minimum atomic E-state index is -0.458. The molecule has 0 radical (unpaired) electrons. The van der Waals surface area contributed by atoms with Crippen molar-refractivity contribution in [3.63, 3.8) is 0 Å². The number of carbonyl (C=O) groups is 1. The van der Waals surface area contributed by atoms with Gasteiger partial charge in [-0.1, -0.05) is 0 Å². The molecule has 0 unspecified atom stereocenters. The van der Waals surface area contributed by atoms with Gasteiger partial charge in [-0.3, -0.25) is 0 Å². The molecule has 1 aromatic heterocycles. The maximum Gasteiger partial charge on any atom is 0.410 e. The highest BCUT2D eigenvalue weighted by Gasteiger charge is 2.28. The molecule has 23 heavy (non-hydrogen) atoms. The number of nitrogens with zero attached hydrogens (tertiary/aromatic N) is 3. The van der Waals surface area contributed by atoms with Crippen LogP contribution in [0.15, 0.2) is 18.3 Å². The second-order valence-electron chi connectivity index (χ2n) is 6.87. The molecular formula is C17H27N3O3. The van der Waals surface area contributed by atoms with Gasteiger partial charge >= 0.3 is 6.09 Å². The molecule has 1 aromatic rings. The van der Waals surface area contributed by atoms with Crippen LogP contribution in [0.5, 0.6) is 5.88 Å². The van der Waals surface area contributed by atoms with Gasteiger partial charge in [0, 0.05) is 32.2 Å². The molecule has 0 aliphatic carbocycles. The molecule has 1 aliphatic rings. The van der Waals surface area contributed by atoms with Crippen molar-refractivity contribution in [2.45, 2.75) is 45.3 Å². The van der Waals surface area contributed by atoms with Gasteiger partial charge < -0.3 is 19.3 Å². The molecule has 0 N–H and O–H groups in total. The summed E-state index contributed by atoms with van der Waals surface area (Å²) in [6, 6.07) is 4.10.